The van der Waals surface area contributed by atoms with E-state index < -0.39 is 46.0 Å². The van der Waals surface area contributed by atoms with Crippen LogP contribution >= 0.6 is 0 Å². The number of nitrogens with one attached hydrogen (secondary N) is 1. The summed E-state index contributed by atoms with van der Waals surface area (Å²) in [6.07, 6.45) is -0.00699. The van der Waals surface area contributed by atoms with Crippen LogP contribution in [0, 0.1) is 17.8 Å². The highest BCUT2D eigenvalue weighted by Gasteiger charge is 2.65. The first-order valence-electron chi connectivity index (χ1n) is 14.5. The Hall–Kier alpha value is -2.73. The summed E-state index contributed by atoms with van der Waals surface area (Å²) in [6.45, 7) is 11.8. The Morgan fingerprint density at radius 1 is 1.15 bits per heavy atom. The fraction of sp³-hybridized carbons (Fsp3) is 0.586. The molecule has 0 aliphatic carbocycles. The van der Waals surface area contributed by atoms with E-state index >= 15 is 0 Å². The van der Waals surface area contributed by atoms with Crippen molar-refractivity contribution in [2.45, 2.75) is 43.4 Å². The second-order valence-corrected chi connectivity index (χ2v) is 14.6. The first kappa shape index (κ1) is 26.2. The first-order valence-corrected chi connectivity index (χ1v) is 16.0. The lowest BCUT2D eigenvalue weighted by molar-refractivity contribution is -1.07. The van der Waals surface area contributed by atoms with Crippen LogP contribution in [-0.2, 0) is 26.0 Å². The summed E-state index contributed by atoms with van der Waals surface area (Å²) < 4.78 is 30.4. The van der Waals surface area contributed by atoms with Crippen molar-refractivity contribution in [3.8, 4) is 0 Å². The lowest BCUT2D eigenvalue weighted by atomic mass is 9.77. The predicted octanol–water partition coefficient (Wildman–Crippen LogP) is -0.453. The number of benzene rings is 2. The minimum Gasteiger partial charge on any atom is -0.480 e. The average molecular weight is 571 g/mol. The SMILES string of the molecule is CC(O)[C@H]1C(=O)N2C(C(=O)O)C(CN3c4cccc5c(CC[N+]67CC[NH+](CC6)CC7)ccc(c45)S3(=O)=O)[C@@H](C)[C@H]12. The molecule has 0 radical (unpaired) electrons. The van der Waals surface area contributed by atoms with Gasteiger partial charge in [-0.2, -0.15) is 0 Å². The third kappa shape index (κ3) is 3.53. The maximum atomic E-state index is 13.9. The molecule has 40 heavy (non-hydrogen) atoms. The maximum absolute atomic E-state index is 13.9. The molecule has 6 aliphatic heterocycles. The molecule has 2 bridgehead atoms. The van der Waals surface area contributed by atoms with Crippen LogP contribution < -0.4 is 9.21 Å². The molecule has 2 aromatic rings. The van der Waals surface area contributed by atoms with E-state index in [0.29, 0.717) is 11.1 Å². The quantitative estimate of drug-likeness (QED) is 0.307. The van der Waals surface area contributed by atoms with E-state index in [-0.39, 0.29) is 23.3 Å². The number of fused-ring (bicyclic) bond motifs is 4. The van der Waals surface area contributed by atoms with Crippen LogP contribution in [0.4, 0.5) is 5.69 Å². The molecule has 5 saturated heterocycles. The summed E-state index contributed by atoms with van der Waals surface area (Å²) in [5, 5.41) is 22.0. The standard InChI is InChI=1S/C29H36N4O6S/c1-17-21(27(29(36)37)32-26(17)24(18(2)34)28(32)35)16-31-22-5-3-4-20-19(6-7-23(25(20)22)40(31,38)39)8-12-33-13-9-30(10-14-33)11-15-33/h3-7,17-18,21,24,26-27,34H,8-16H2,1-2H3/p+2/t17-,18?,21?,24-,26-,27?/m1/s1. The molecule has 6 atom stereocenters. The number of quaternary nitrogens is 2. The topological polar surface area (TPSA) is 120 Å². The Labute approximate surface area is 234 Å². The van der Waals surface area contributed by atoms with E-state index in [9.17, 15) is 28.2 Å². The van der Waals surface area contributed by atoms with E-state index in [2.05, 4.69) is 0 Å². The number of nitrogens with zero attached hydrogens (tertiary/aromatic N) is 3. The third-order valence-electron chi connectivity index (χ3n) is 10.9. The number of anilines is 1. The monoisotopic (exact) mass is 570 g/mol. The third-order valence-corrected chi connectivity index (χ3v) is 12.7. The molecular formula is C29H38N4O6S+2. The number of aliphatic hydroxyl groups excluding tert-OH is 1. The number of hydrogen-bond donors (Lipinski definition) is 3. The number of aliphatic carboxylic acids is 1. The van der Waals surface area contributed by atoms with Gasteiger partial charge in [-0.15, -0.1) is 0 Å². The number of carbonyl (C=O) groups excluding carboxylic acids is 1. The van der Waals surface area contributed by atoms with Crippen LogP contribution in [0.5, 0.6) is 0 Å². The molecule has 6 aliphatic rings. The van der Waals surface area contributed by atoms with Gasteiger partial charge in [-0.05, 0) is 35.9 Å². The Bertz CT molecular complexity index is 1500. The molecule has 3 N–H and O–H groups in total. The zero-order valence-electron chi connectivity index (χ0n) is 23.0. The number of amides is 1. The molecule has 8 rings (SSSR count). The maximum Gasteiger partial charge on any atom is 0.326 e. The summed E-state index contributed by atoms with van der Waals surface area (Å²) in [7, 11) is -3.90. The van der Waals surface area contributed by atoms with Crippen molar-refractivity contribution in [3.63, 3.8) is 0 Å². The number of piperazine rings is 3. The van der Waals surface area contributed by atoms with Gasteiger partial charge in [0.05, 0.1) is 29.1 Å². The molecule has 2 aromatic carbocycles. The Morgan fingerprint density at radius 3 is 2.50 bits per heavy atom. The molecule has 0 saturated carbocycles. The number of rotatable bonds is 7. The Morgan fingerprint density at radius 2 is 1.85 bits per heavy atom. The Balaban J connectivity index is 1.21. The Kier molecular flexibility index (Phi) is 5.82. The number of carbonyl (C=O) groups is 2. The van der Waals surface area contributed by atoms with Crippen molar-refractivity contribution in [2.75, 3.05) is 56.7 Å². The van der Waals surface area contributed by atoms with Crippen LogP contribution in [0.25, 0.3) is 10.8 Å². The number of hydrogen-bond acceptors (Lipinski definition) is 5. The second kappa shape index (κ2) is 8.88. The van der Waals surface area contributed by atoms with Crippen LogP contribution in [-0.4, -0.2) is 110 Å². The van der Waals surface area contributed by atoms with Crippen LogP contribution in [0.1, 0.15) is 19.4 Å². The zero-order valence-corrected chi connectivity index (χ0v) is 23.8. The molecule has 214 valence electrons. The molecule has 1 amide bonds. The normalized spacial score (nSPS) is 36.1. The van der Waals surface area contributed by atoms with Gasteiger partial charge in [0.1, 0.15) is 45.3 Å². The lowest BCUT2D eigenvalue weighted by Gasteiger charge is -2.48. The number of carboxylic acid groups (broad SMARTS) is 1. The van der Waals surface area contributed by atoms with Gasteiger partial charge in [0.15, 0.2) is 0 Å². The van der Waals surface area contributed by atoms with Crippen molar-refractivity contribution >= 4 is 38.4 Å². The number of sulfonamides is 1. The van der Waals surface area contributed by atoms with E-state index in [1.54, 1.807) is 17.9 Å². The van der Waals surface area contributed by atoms with E-state index in [1.165, 1.54) is 48.5 Å². The van der Waals surface area contributed by atoms with Crippen LogP contribution in [0.3, 0.4) is 0 Å². The summed E-state index contributed by atoms with van der Waals surface area (Å²) in [5.41, 5.74) is 1.73. The van der Waals surface area contributed by atoms with E-state index in [1.807, 2.05) is 31.2 Å². The number of carboxylic acids is 1. The van der Waals surface area contributed by atoms with Gasteiger partial charge in [-0.3, -0.25) is 9.10 Å². The van der Waals surface area contributed by atoms with E-state index in [4.69, 9.17) is 0 Å². The molecule has 3 unspecified atom stereocenters. The fourth-order valence-electron chi connectivity index (χ4n) is 8.55. The van der Waals surface area contributed by atoms with Gasteiger partial charge in [0.25, 0.3) is 10.0 Å². The van der Waals surface area contributed by atoms with Crippen molar-refractivity contribution in [2.24, 2.45) is 17.8 Å². The number of β-lactam (4-membered cyclic amide) rings is 1. The zero-order chi connectivity index (χ0) is 28.1. The summed E-state index contributed by atoms with van der Waals surface area (Å²) in [4.78, 5) is 28.5. The molecule has 6 heterocycles. The highest BCUT2D eigenvalue weighted by molar-refractivity contribution is 7.93. The van der Waals surface area contributed by atoms with Gasteiger partial charge in [-0.1, -0.05) is 25.1 Å². The summed E-state index contributed by atoms with van der Waals surface area (Å²) in [5.74, 6) is -3.06. The van der Waals surface area contributed by atoms with Crippen molar-refractivity contribution < 1.29 is 37.6 Å². The van der Waals surface area contributed by atoms with Crippen molar-refractivity contribution in [3.05, 3.63) is 35.9 Å². The molecule has 10 nitrogen and oxygen atoms in total. The molecule has 0 spiro atoms. The lowest BCUT2D eigenvalue weighted by Crippen LogP contribution is -3.19. The molecular weight excluding hydrogens is 532 g/mol. The van der Waals surface area contributed by atoms with E-state index in [0.717, 1.165) is 28.4 Å². The van der Waals surface area contributed by atoms with Gasteiger partial charge in [0.2, 0.25) is 5.91 Å². The van der Waals surface area contributed by atoms with Crippen molar-refractivity contribution in [1.82, 2.24) is 4.90 Å². The largest absolute Gasteiger partial charge is 0.480 e. The average Bonchev–Trinajstić information content (AvgIpc) is 3.31. The predicted molar refractivity (Wildman–Crippen MR) is 147 cm³/mol. The van der Waals surface area contributed by atoms with Crippen LogP contribution in [0.2, 0.25) is 0 Å². The fourth-order valence-corrected chi connectivity index (χ4v) is 10.3. The molecule has 5 fully saturated rings. The van der Waals surface area contributed by atoms with Crippen molar-refractivity contribution in [1.29, 1.82) is 0 Å². The first-order chi connectivity index (χ1) is 19.0. The molecule has 11 heteroatoms. The van der Waals surface area contributed by atoms with Crippen LogP contribution in [0.15, 0.2) is 35.2 Å². The second-order valence-electron chi connectivity index (χ2n) is 12.8. The highest BCUT2D eigenvalue weighted by atomic mass is 32.2. The van der Waals surface area contributed by atoms with Gasteiger partial charge < -0.3 is 24.5 Å². The highest BCUT2D eigenvalue weighted by Crippen LogP contribution is 2.50. The van der Waals surface area contributed by atoms with Gasteiger partial charge in [0, 0.05) is 30.3 Å². The minimum absolute atomic E-state index is 0.0325. The minimum atomic E-state index is -3.90. The number of aliphatic hydroxyl groups is 1. The van der Waals surface area contributed by atoms with Gasteiger partial charge in [-0.25, -0.2) is 13.2 Å². The summed E-state index contributed by atoms with van der Waals surface area (Å²) >= 11 is 0. The smallest absolute Gasteiger partial charge is 0.326 e. The molecule has 0 aromatic heterocycles. The van der Waals surface area contributed by atoms with Gasteiger partial charge >= 0.3 is 5.97 Å². The summed E-state index contributed by atoms with van der Waals surface area (Å²) in [6, 6.07) is 7.84.